The quantitative estimate of drug-likeness (QED) is 0.207. The molecule has 224 valence electrons. The van der Waals surface area contributed by atoms with Gasteiger partial charge in [-0.2, -0.15) is 0 Å². The Morgan fingerprint density at radius 1 is 0.659 bits per heavy atom. The summed E-state index contributed by atoms with van der Waals surface area (Å²) < 4.78 is 29.1. The lowest BCUT2D eigenvalue weighted by Gasteiger charge is -2.25. The summed E-state index contributed by atoms with van der Waals surface area (Å²) >= 11 is 0. The average Bonchev–Trinajstić information content (AvgIpc) is 3.40. The summed E-state index contributed by atoms with van der Waals surface area (Å²) in [5, 5.41) is 0. The Kier molecular flexibility index (Phi) is 9.26. The lowest BCUT2D eigenvalue weighted by atomic mass is 10.1. The number of ether oxygens (including phenoxy) is 5. The SMILES string of the molecule is COC(=O)c1cccn([C@@H]2O[C@H](COC(=O)c3ccccc3)C(OC(=O)c3ccccc3)C2OC(=O)c2ccccc2)c1=O. The molecule has 1 saturated heterocycles. The van der Waals surface area contributed by atoms with Gasteiger partial charge in [0.1, 0.15) is 18.3 Å². The number of pyridine rings is 1. The van der Waals surface area contributed by atoms with Crippen molar-refractivity contribution in [1.29, 1.82) is 0 Å². The van der Waals surface area contributed by atoms with Crippen LogP contribution in [-0.2, 0) is 23.7 Å². The maximum absolute atomic E-state index is 13.4. The van der Waals surface area contributed by atoms with Crippen molar-refractivity contribution in [2.24, 2.45) is 0 Å². The van der Waals surface area contributed by atoms with Gasteiger partial charge in [0.25, 0.3) is 5.56 Å². The number of carbonyl (C=O) groups excluding carboxylic acids is 4. The van der Waals surface area contributed by atoms with Crippen LogP contribution in [0.4, 0.5) is 0 Å². The highest BCUT2D eigenvalue weighted by atomic mass is 16.7. The first-order valence-electron chi connectivity index (χ1n) is 13.6. The molecular formula is C33H27NO10. The molecule has 0 aliphatic carbocycles. The summed E-state index contributed by atoms with van der Waals surface area (Å²) in [5.74, 6) is -3.12. The monoisotopic (exact) mass is 597 g/mol. The highest BCUT2D eigenvalue weighted by molar-refractivity contribution is 5.91. The second-order valence-corrected chi connectivity index (χ2v) is 9.63. The fraction of sp³-hybridized carbons (Fsp3) is 0.182. The van der Waals surface area contributed by atoms with E-state index in [0.717, 1.165) is 11.7 Å². The molecule has 4 atom stereocenters. The number of rotatable bonds is 9. The summed E-state index contributed by atoms with van der Waals surface area (Å²) in [5.41, 5.74) is -0.444. The molecule has 4 aromatic rings. The molecule has 1 fully saturated rings. The van der Waals surface area contributed by atoms with E-state index in [1.807, 2.05) is 0 Å². The third-order valence-electron chi connectivity index (χ3n) is 6.83. The Morgan fingerprint density at radius 2 is 1.16 bits per heavy atom. The second-order valence-electron chi connectivity index (χ2n) is 9.63. The van der Waals surface area contributed by atoms with Gasteiger partial charge >= 0.3 is 23.9 Å². The van der Waals surface area contributed by atoms with Gasteiger partial charge in [-0.1, -0.05) is 54.6 Å². The Balaban J connectivity index is 1.53. The lowest BCUT2D eigenvalue weighted by Crippen LogP contribution is -2.42. The third kappa shape index (κ3) is 6.58. The van der Waals surface area contributed by atoms with E-state index < -0.39 is 60.6 Å². The minimum Gasteiger partial charge on any atom is -0.465 e. The van der Waals surface area contributed by atoms with Crippen LogP contribution in [0.25, 0.3) is 0 Å². The van der Waals surface area contributed by atoms with Crippen LogP contribution in [0, 0.1) is 0 Å². The standard InChI is InChI=1S/C33H27NO10/c1-40-33(39)24-18-11-19-34(28(24)35)29-27(44-32(38)23-16-9-4-10-17-23)26(43-31(37)22-14-7-3-8-15-22)25(42-29)20-41-30(36)21-12-5-2-6-13-21/h2-19,25-27,29H,20H2,1H3/t25-,26?,27?,29-/m1/s1. The molecule has 0 saturated carbocycles. The van der Waals surface area contributed by atoms with E-state index in [2.05, 4.69) is 0 Å². The average molecular weight is 598 g/mol. The number of benzene rings is 3. The zero-order chi connectivity index (χ0) is 31.1. The van der Waals surface area contributed by atoms with Crippen LogP contribution in [-0.4, -0.2) is 60.5 Å². The maximum atomic E-state index is 13.4. The number of aromatic nitrogens is 1. The van der Waals surface area contributed by atoms with Gasteiger partial charge in [0.05, 0.1) is 23.8 Å². The van der Waals surface area contributed by atoms with Gasteiger partial charge < -0.3 is 23.7 Å². The molecule has 11 heteroatoms. The van der Waals surface area contributed by atoms with Gasteiger partial charge in [-0.25, -0.2) is 19.2 Å². The fourth-order valence-electron chi connectivity index (χ4n) is 4.66. The van der Waals surface area contributed by atoms with E-state index in [0.29, 0.717) is 0 Å². The van der Waals surface area contributed by atoms with Gasteiger partial charge in [-0.3, -0.25) is 9.36 Å². The van der Waals surface area contributed by atoms with Crippen LogP contribution in [0.1, 0.15) is 47.7 Å². The van der Waals surface area contributed by atoms with Crippen LogP contribution in [0.2, 0.25) is 0 Å². The normalized spacial score (nSPS) is 19.0. The largest absolute Gasteiger partial charge is 0.465 e. The molecule has 0 amide bonds. The van der Waals surface area contributed by atoms with Gasteiger partial charge in [0.2, 0.25) is 0 Å². The van der Waals surface area contributed by atoms with Crippen molar-refractivity contribution in [1.82, 2.24) is 4.57 Å². The van der Waals surface area contributed by atoms with Gasteiger partial charge in [0, 0.05) is 6.20 Å². The van der Waals surface area contributed by atoms with Gasteiger partial charge in [-0.05, 0) is 48.5 Å². The number of carbonyl (C=O) groups is 4. The van der Waals surface area contributed by atoms with Crippen molar-refractivity contribution in [3.8, 4) is 0 Å². The first-order valence-corrected chi connectivity index (χ1v) is 13.6. The molecule has 0 N–H and O–H groups in total. The molecule has 2 unspecified atom stereocenters. The van der Waals surface area contributed by atoms with E-state index in [9.17, 15) is 24.0 Å². The number of hydrogen-bond acceptors (Lipinski definition) is 10. The van der Waals surface area contributed by atoms with E-state index in [4.69, 9.17) is 23.7 Å². The minimum absolute atomic E-state index is 0.189. The second kappa shape index (κ2) is 13.6. The van der Waals surface area contributed by atoms with E-state index >= 15 is 0 Å². The van der Waals surface area contributed by atoms with Gasteiger partial charge in [-0.15, -0.1) is 0 Å². The van der Waals surface area contributed by atoms with Crippen molar-refractivity contribution in [3.05, 3.63) is 142 Å². The Morgan fingerprint density at radius 3 is 1.68 bits per heavy atom. The first kappa shape index (κ1) is 29.9. The third-order valence-corrected chi connectivity index (χ3v) is 6.83. The predicted octanol–water partition coefficient (Wildman–Crippen LogP) is 3.84. The predicted molar refractivity (Wildman–Crippen MR) is 154 cm³/mol. The van der Waals surface area contributed by atoms with Crippen molar-refractivity contribution in [3.63, 3.8) is 0 Å². The highest BCUT2D eigenvalue weighted by Crippen LogP contribution is 2.35. The van der Waals surface area contributed by atoms with Crippen LogP contribution < -0.4 is 5.56 Å². The molecule has 5 rings (SSSR count). The lowest BCUT2D eigenvalue weighted by molar-refractivity contribution is -0.0635. The number of hydrogen-bond donors (Lipinski definition) is 0. The molecule has 11 nitrogen and oxygen atoms in total. The topological polar surface area (TPSA) is 136 Å². The van der Waals surface area contributed by atoms with Crippen LogP contribution in [0.5, 0.6) is 0 Å². The zero-order valence-corrected chi connectivity index (χ0v) is 23.4. The summed E-state index contributed by atoms with van der Waals surface area (Å²) in [7, 11) is 1.13. The summed E-state index contributed by atoms with van der Waals surface area (Å²) in [6, 6.07) is 27.1. The van der Waals surface area contributed by atoms with E-state index in [-0.39, 0.29) is 22.3 Å². The minimum atomic E-state index is -1.42. The summed E-state index contributed by atoms with van der Waals surface area (Å²) in [6.45, 7) is -0.429. The smallest absolute Gasteiger partial charge is 0.343 e. The number of methoxy groups -OCH3 is 1. The molecule has 2 heterocycles. The van der Waals surface area contributed by atoms with Crippen LogP contribution in [0.15, 0.2) is 114 Å². The van der Waals surface area contributed by atoms with E-state index in [1.54, 1.807) is 66.7 Å². The molecular weight excluding hydrogens is 570 g/mol. The molecule has 3 aromatic carbocycles. The number of nitrogens with zero attached hydrogens (tertiary/aromatic N) is 1. The maximum Gasteiger partial charge on any atom is 0.343 e. The van der Waals surface area contributed by atoms with Crippen molar-refractivity contribution in [2.75, 3.05) is 13.7 Å². The summed E-state index contributed by atoms with van der Waals surface area (Å²) in [6.07, 6.45) is -4.02. The Hall–Kier alpha value is -5.55. The first-order chi connectivity index (χ1) is 21.4. The molecule has 0 spiro atoms. The van der Waals surface area contributed by atoms with Gasteiger partial charge in [0.15, 0.2) is 18.4 Å². The van der Waals surface area contributed by atoms with Crippen molar-refractivity contribution in [2.45, 2.75) is 24.5 Å². The zero-order valence-electron chi connectivity index (χ0n) is 23.4. The highest BCUT2D eigenvalue weighted by Gasteiger charge is 2.51. The van der Waals surface area contributed by atoms with Crippen LogP contribution in [0.3, 0.4) is 0 Å². The number of esters is 4. The van der Waals surface area contributed by atoms with Crippen molar-refractivity contribution < 1.29 is 42.9 Å². The fourth-order valence-corrected chi connectivity index (χ4v) is 4.66. The van der Waals surface area contributed by atoms with Crippen LogP contribution >= 0.6 is 0 Å². The Bertz CT molecular complexity index is 1690. The molecule has 0 radical (unpaired) electrons. The molecule has 44 heavy (non-hydrogen) atoms. The molecule has 1 aliphatic rings. The Labute approximate surface area is 251 Å². The molecule has 0 bridgehead atoms. The molecule has 1 aliphatic heterocycles. The molecule has 1 aromatic heterocycles. The summed E-state index contributed by atoms with van der Waals surface area (Å²) in [4.78, 5) is 65.0. The van der Waals surface area contributed by atoms with E-state index in [1.165, 1.54) is 42.6 Å². The van der Waals surface area contributed by atoms with Crippen molar-refractivity contribution >= 4 is 23.9 Å².